The van der Waals surface area contributed by atoms with Crippen LogP contribution in [0.4, 0.5) is 11.5 Å². The number of carbonyl (C=O) groups excluding carboxylic acids is 1. The molecular weight excluding hydrogens is 360 g/mol. The van der Waals surface area contributed by atoms with Crippen LogP contribution in [-0.2, 0) is 16.1 Å². The molecule has 158 valence electrons. The summed E-state index contributed by atoms with van der Waals surface area (Å²) < 4.78 is 7.14. The predicted molar refractivity (Wildman–Crippen MR) is 111 cm³/mol. The molecule has 8 nitrogen and oxygen atoms in total. The number of aromatic amines is 1. The summed E-state index contributed by atoms with van der Waals surface area (Å²) in [5.74, 6) is -0.0223. The van der Waals surface area contributed by atoms with E-state index < -0.39 is 11.2 Å². The normalized spacial score (nSPS) is 15.4. The lowest BCUT2D eigenvalue weighted by Gasteiger charge is -2.28. The van der Waals surface area contributed by atoms with Crippen molar-refractivity contribution in [2.45, 2.75) is 72.4 Å². The molecule has 1 aliphatic carbocycles. The maximum Gasteiger partial charge on any atom is 0.330 e. The molecule has 0 aliphatic heterocycles. The smallest absolute Gasteiger partial charge is 0.330 e. The average Bonchev–Trinajstić information content (AvgIpc) is 2.62. The lowest BCUT2D eigenvalue weighted by Crippen LogP contribution is -2.44. The van der Waals surface area contributed by atoms with Crippen LogP contribution in [0, 0.1) is 11.8 Å². The number of H-pyrrole nitrogens is 1. The number of ether oxygens (including phenoxy) is 1. The second-order valence-corrected chi connectivity index (χ2v) is 8.47. The molecule has 2 rings (SSSR count). The van der Waals surface area contributed by atoms with Crippen molar-refractivity contribution in [3.05, 3.63) is 20.8 Å². The minimum atomic E-state index is -0.644. The molecule has 0 bridgehead atoms. The average molecular weight is 395 g/mol. The zero-order valence-corrected chi connectivity index (χ0v) is 17.5. The third kappa shape index (κ3) is 5.70. The standard InChI is InChI=1S/C20H34N4O4/c1-13(2)10-23(16(25)12-28-15-8-6-5-7-9-15)17-18(21)24(11-14(3)4)20(27)22-19(17)26/h13-15H,5-12,21H2,1-4H3,(H,22,26,27). The zero-order chi connectivity index (χ0) is 20.8. The van der Waals surface area contributed by atoms with Gasteiger partial charge in [-0.25, -0.2) is 4.79 Å². The van der Waals surface area contributed by atoms with Crippen LogP contribution in [-0.4, -0.2) is 34.7 Å². The number of nitrogens with two attached hydrogens (primary N) is 1. The van der Waals surface area contributed by atoms with Gasteiger partial charge in [0, 0.05) is 13.1 Å². The van der Waals surface area contributed by atoms with Crippen molar-refractivity contribution < 1.29 is 9.53 Å². The van der Waals surface area contributed by atoms with Gasteiger partial charge in [-0.2, -0.15) is 0 Å². The summed E-state index contributed by atoms with van der Waals surface area (Å²) >= 11 is 0. The largest absolute Gasteiger partial charge is 0.383 e. The van der Waals surface area contributed by atoms with Crippen molar-refractivity contribution in [1.82, 2.24) is 9.55 Å². The molecule has 0 radical (unpaired) electrons. The molecule has 1 aromatic heterocycles. The number of rotatable bonds is 8. The van der Waals surface area contributed by atoms with Gasteiger partial charge in [-0.05, 0) is 24.7 Å². The van der Waals surface area contributed by atoms with Gasteiger partial charge in [0.1, 0.15) is 12.4 Å². The molecular formula is C20H34N4O4. The maximum absolute atomic E-state index is 12.9. The van der Waals surface area contributed by atoms with Crippen LogP contribution in [0.25, 0.3) is 0 Å². The molecule has 0 aromatic carbocycles. The highest BCUT2D eigenvalue weighted by Crippen LogP contribution is 2.22. The summed E-state index contributed by atoms with van der Waals surface area (Å²) in [7, 11) is 0. The van der Waals surface area contributed by atoms with Crippen LogP contribution < -0.4 is 21.9 Å². The van der Waals surface area contributed by atoms with E-state index in [1.807, 2.05) is 27.7 Å². The number of nitrogens with zero attached hydrogens (tertiary/aromatic N) is 2. The first-order chi connectivity index (χ1) is 13.2. The Bertz CT molecular complexity index is 775. The van der Waals surface area contributed by atoms with E-state index in [-0.39, 0.29) is 42.0 Å². The van der Waals surface area contributed by atoms with Crippen molar-refractivity contribution >= 4 is 17.4 Å². The number of carbonyl (C=O) groups is 1. The quantitative estimate of drug-likeness (QED) is 0.702. The lowest BCUT2D eigenvalue weighted by atomic mass is 9.98. The Hall–Kier alpha value is -2.09. The van der Waals surface area contributed by atoms with E-state index in [1.165, 1.54) is 15.9 Å². The summed E-state index contributed by atoms with van der Waals surface area (Å²) in [6, 6.07) is 0. The lowest BCUT2D eigenvalue weighted by molar-refractivity contribution is -0.125. The second-order valence-electron chi connectivity index (χ2n) is 8.47. The number of amides is 1. The van der Waals surface area contributed by atoms with Gasteiger partial charge < -0.3 is 15.4 Å². The topological polar surface area (TPSA) is 110 Å². The van der Waals surface area contributed by atoms with Gasteiger partial charge in [-0.3, -0.25) is 19.1 Å². The molecule has 28 heavy (non-hydrogen) atoms. The van der Waals surface area contributed by atoms with Crippen LogP contribution in [0.15, 0.2) is 9.59 Å². The molecule has 0 atom stereocenters. The summed E-state index contributed by atoms with van der Waals surface area (Å²) in [5, 5.41) is 0. The van der Waals surface area contributed by atoms with Crippen LogP contribution in [0.2, 0.25) is 0 Å². The fourth-order valence-corrected chi connectivity index (χ4v) is 3.57. The predicted octanol–water partition coefficient (Wildman–Crippen LogP) is 2.11. The Labute approximate surface area is 166 Å². The molecule has 1 aliphatic rings. The van der Waals surface area contributed by atoms with E-state index in [2.05, 4.69) is 4.98 Å². The van der Waals surface area contributed by atoms with Crippen LogP contribution in [0.3, 0.4) is 0 Å². The number of nitrogens with one attached hydrogen (secondary N) is 1. The van der Waals surface area contributed by atoms with E-state index >= 15 is 0 Å². The number of hydrogen-bond acceptors (Lipinski definition) is 5. The van der Waals surface area contributed by atoms with Crippen molar-refractivity contribution in [2.24, 2.45) is 11.8 Å². The van der Waals surface area contributed by atoms with Crippen molar-refractivity contribution in [3.63, 3.8) is 0 Å². The minimum Gasteiger partial charge on any atom is -0.383 e. The maximum atomic E-state index is 12.9. The highest BCUT2D eigenvalue weighted by molar-refractivity contribution is 5.96. The third-order valence-corrected chi connectivity index (χ3v) is 4.88. The fraction of sp³-hybridized carbons (Fsp3) is 0.750. The van der Waals surface area contributed by atoms with Crippen molar-refractivity contribution in [3.8, 4) is 0 Å². The molecule has 3 N–H and O–H groups in total. The van der Waals surface area contributed by atoms with Gasteiger partial charge in [0.2, 0.25) is 0 Å². The summed E-state index contributed by atoms with van der Waals surface area (Å²) in [6.45, 7) is 8.39. The van der Waals surface area contributed by atoms with Crippen LogP contribution >= 0.6 is 0 Å². The zero-order valence-electron chi connectivity index (χ0n) is 17.5. The van der Waals surface area contributed by atoms with Gasteiger partial charge in [0.15, 0.2) is 5.69 Å². The highest BCUT2D eigenvalue weighted by atomic mass is 16.5. The summed E-state index contributed by atoms with van der Waals surface area (Å²) in [5.41, 5.74) is 5.02. The van der Waals surface area contributed by atoms with E-state index in [4.69, 9.17) is 10.5 Å². The van der Waals surface area contributed by atoms with Gasteiger partial charge >= 0.3 is 5.69 Å². The van der Waals surface area contributed by atoms with E-state index in [1.54, 1.807) is 0 Å². The second kappa shape index (κ2) is 9.91. The first kappa shape index (κ1) is 22.2. The number of nitrogen functional groups attached to an aromatic ring is 1. The first-order valence-corrected chi connectivity index (χ1v) is 10.2. The molecule has 1 aromatic rings. The van der Waals surface area contributed by atoms with E-state index in [0.717, 1.165) is 25.7 Å². The van der Waals surface area contributed by atoms with Crippen LogP contribution in [0.5, 0.6) is 0 Å². The first-order valence-electron chi connectivity index (χ1n) is 10.2. The molecule has 0 saturated heterocycles. The minimum absolute atomic E-state index is 0.0223. The molecule has 1 saturated carbocycles. The molecule has 1 fully saturated rings. The SMILES string of the molecule is CC(C)CN(C(=O)COC1CCCCC1)c1c(N)n(CC(C)C)c(=O)[nH]c1=O. The molecule has 0 spiro atoms. The van der Waals surface area contributed by atoms with Gasteiger partial charge in [0.05, 0.1) is 6.10 Å². The Morgan fingerprint density at radius 2 is 1.82 bits per heavy atom. The molecule has 1 amide bonds. The number of hydrogen-bond donors (Lipinski definition) is 2. The van der Waals surface area contributed by atoms with Crippen molar-refractivity contribution in [1.29, 1.82) is 0 Å². The number of aromatic nitrogens is 2. The molecule has 8 heteroatoms. The number of anilines is 2. The van der Waals surface area contributed by atoms with Crippen molar-refractivity contribution in [2.75, 3.05) is 23.8 Å². The Kier molecular flexibility index (Phi) is 7.86. The van der Waals surface area contributed by atoms with Gasteiger partial charge in [0.25, 0.3) is 11.5 Å². The van der Waals surface area contributed by atoms with E-state index in [9.17, 15) is 14.4 Å². The monoisotopic (exact) mass is 394 g/mol. The Morgan fingerprint density at radius 3 is 2.39 bits per heavy atom. The summed E-state index contributed by atoms with van der Waals surface area (Å²) in [6.07, 6.45) is 5.43. The molecule has 0 unspecified atom stereocenters. The molecule has 1 heterocycles. The fourth-order valence-electron chi connectivity index (χ4n) is 3.57. The van der Waals surface area contributed by atoms with Crippen LogP contribution in [0.1, 0.15) is 59.8 Å². The van der Waals surface area contributed by atoms with E-state index in [0.29, 0.717) is 13.1 Å². The Morgan fingerprint density at radius 1 is 1.18 bits per heavy atom. The summed E-state index contributed by atoms with van der Waals surface area (Å²) in [4.78, 5) is 41.4. The van der Waals surface area contributed by atoms with Gasteiger partial charge in [-0.15, -0.1) is 0 Å². The van der Waals surface area contributed by atoms with Gasteiger partial charge in [-0.1, -0.05) is 47.0 Å². The third-order valence-electron chi connectivity index (χ3n) is 4.88. The Balaban J connectivity index is 2.32. The highest BCUT2D eigenvalue weighted by Gasteiger charge is 2.26.